The van der Waals surface area contributed by atoms with Crippen LogP contribution < -0.4 is 15.4 Å². The normalized spacial score (nSPS) is 14.7. The van der Waals surface area contributed by atoms with Gasteiger partial charge in [-0.25, -0.2) is 17.8 Å². The Kier molecular flexibility index (Phi) is 8.68. The van der Waals surface area contributed by atoms with E-state index in [1.54, 1.807) is 18.2 Å². The van der Waals surface area contributed by atoms with Crippen molar-refractivity contribution in [2.45, 2.75) is 39.3 Å². The Hall–Kier alpha value is -1.83. The lowest BCUT2D eigenvalue weighted by molar-refractivity contribution is 0.220. The first-order valence-corrected chi connectivity index (χ1v) is 10.4. The van der Waals surface area contributed by atoms with E-state index in [4.69, 9.17) is 4.74 Å². The molecule has 1 aromatic carbocycles. The van der Waals surface area contributed by atoms with Crippen LogP contribution in [0.2, 0.25) is 0 Å². The number of aliphatic imine (C=N–C) groups is 1. The second-order valence-electron chi connectivity index (χ2n) is 6.04. The quantitative estimate of drug-likeness (QED) is 0.511. The van der Waals surface area contributed by atoms with Gasteiger partial charge in [0.05, 0.1) is 12.3 Å². The lowest BCUT2D eigenvalue weighted by atomic mass is 10.3. The van der Waals surface area contributed by atoms with Gasteiger partial charge in [0.25, 0.3) is 0 Å². The van der Waals surface area contributed by atoms with Crippen LogP contribution in [0.25, 0.3) is 0 Å². The molecule has 2 N–H and O–H groups in total. The number of hydrogen-bond donors (Lipinski definition) is 2. The molecule has 0 fully saturated rings. The molecule has 1 aromatic rings. The van der Waals surface area contributed by atoms with E-state index in [0.717, 1.165) is 0 Å². The first-order valence-electron chi connectivity index (χ1n) is 8.35. The number of guanidine groups is 1. The predicted molar refractivity (Wildman–Crippen MR) is 99.4 cm³/mol. The average molecular weight is 373 g/mol. The molecule has 142 valence electrons. The third kappa shape index (κ3) is 9.28. The fourth-order valence-electron chi connectivity index (χ4n) is 2.03. The molecule has 0 aliphatic carbocycles. The third-order valence-corrected chi connectivity index (χ3v) is 4.30. The summed E-state index contributed by atoms with van der Waals surface area (Å²) in [6.07, 6.45) is 1.41. The summed E-state index contributed by atoms with van der Waals surface area (Å²) in [4.78, 5) is 4.42. The van der Waals surface area contributed by atoms with Crippen molar-refractivity contribution in [2.75, 3.05) is 25.1 Å². The molecule has 0 heterocycles. The second-order valence-corrected chi connectivity index (χ2v) is 8.30. The minimum Gasteiger partial charge on any atom is -0.486 e. The summed E-state index contributed by atoms with van der Waals surface area (Å²) in [5, 5.41) is 6.27. The first kappa shape index (κ1) is 21.2. The van der Waals surface area contributed by atoms with E-state index in [-0.39, 0.29) is 23.6 Å². The molecule has 0 aliphatic heterocycles. The number of rotatable bonds is 9. The van der Waals surface area contributed by atoms with E-state index in [9.17, 15) is 12.8 Å². The molecule has 2 atom stereocenters. The van der Waals surface area contributed by atoms with Crippen LogP contribution in [0.15, 0.2) is 29.3 Å². The summed E-state index contributed by atoms with van der Waals surface area (Å²) in [7, 11) is -2.99. The Morgan fingerprint density at radius 2 is 2.00 bits per heavy atom. The molecule has 8 heteroatoms. The largest absolute Gasteiger partial charge is 0.486 e. The highest BCUT2D eigenvalue weighted by Gasteiger charge is 2.11. The van der Waals surface area contributed by atoms with Crippen LogP contribution in [0.4, 0.5) is 4.39 Å². The van der Waals surface area contributed by atoms with Gasteiger partial charge in [-0.15, -0.1) is 0 Å². The van der Waals surface area contributed by atoms with Crippen LogP contribution >= 0.6 is 0 Å². The molecule has 1 rings (SSSR count). The molecule has 0 radical (unpaired) electrons. The molecule has 0 aliphatic rings. The molecule has 0 spiro atoms. The van der Waals surface area contributed by atoms with Gasteiger partial charge >= 0.3 is 0 Å². The third-order valence-electron chi connectivity index (χ3n) is 3.32. The second kappa shape index (κ2) is 10.2. The van der Waals surface area contributed by atoms with Gasteiger partial charge in [-0.1, -0.05) is 12.1 Å². The molecular weight excluding hydrogens is 345 g/mol. The highest BCUT2D eigenvalue weighted by Crippen LogP contribution is 2.16. The highest BCUT2D eigenvalue weighted by molar-refractivity contribution is 7.90. The maximum Gasteiger partial charge on any atom is 0.191 e. The summed E-state index contributed by atoms with van der Waals surface area (Å²) in [6.45, 7) is 6.66. The van der Waals surface area contributed by atoms with Crippen molar-refractivity contribution in [3.8, 4) is 5.75 Å². The van der Waals surface area contributed by atoms with Gasteiger partial charge in [0.15, 0.2) is 17.5 Å². The van der Waals surface area contributed by atoms with Crippen LogP contribution in [0, 0.1) is 5.82 Å². The summed E-state index contributed by atoms with van der Waals surface area (Å²) >= 11 is 0. The van der Waals surface area contributed by atoms with Crippen molar-refractivity contribution < 1.29 is 17.5 Å². The topological polar surface area (TPSA) is 79.8 Å². The summed E-state index contributed by atoms with van der Waals surface area (Å²) < 4.78 is 41.6. The molecule has 0 saturated carbocycles. The van der Waals surface area contributed by atoms with Gasteiger partial charge < -0.3 is 15.4 Å². The van der Waals surface area contributed by atoms with E-state index < -0.39 is 15.7 Å². The molecule has 0 amide bonds. The number of ether oxygens (including phenoxy) is 1. The zero-order chi connectivity index (χ0) is 18.9. The zero-order valence-electron chi connectivity index (χ0n) is 15.3. The van der Waals surface area contributed by atoms with Gasteiger partial charge in [0, 0.05) is 18.8 Å². The van der Waals surface area contributed by atoms with Crippen molar-refractivity contribution >= 4 is 15.8 Å². The number of nitrogens with zero attached hydrogens (tertiary/aromatic N) is 1. The number of nitrogens with one attached hydrogen (secondary N) is 2. The molecule has 25 heavy (non-hydrogen) atoms. The van der Waals surface area contributed by atoms with Crippen LogP contribution in [0.3, 0.4) is 0 Å². The molecule has 2 unspecified atom stereocenters. The van der Waals surface area contributed by atoms with Gasteiger partial charge in [0.1, 0.15) is 15.9 Å². The Morgan fingerprint density at radius 3 is 2.60 bits per heavy atom. The van der Waals surface area contributed by atoms with Crippen LogP contribution in [0.1, 0.15) is 27.2 Å². The fourth-order valence-corrected chi connectivity index (χ4v) is 2.81. The lowest BCUT2D eigenvalue weighted by Gasteiger charge is -2.19. The summed E-state index contributed by atoms with van der Waals surface area (Å²) in [5.74, 6) is 0.489. The van der Waals surface area contributed by atoms with Gasteiger partial charge in [-0.05, 0) is 39.3 Å². The lowest BCUT2D eigenvalue weighted by Crippen LogP contribution is -2.43. The summed E-state index contributed by atoms with van der Waals surface area (Å²) in [6, 6.07) is 6.20. The van der Waals surface area contributed by atoms with E-state index in [1.807, 2.05) is 20.8 Å². The SMILES string of the molecule is CCNC(=NCC(C)Oc1ccccc1F)NC(C)CCS(C)(=O)=O. The first-order chi connectivity index (χ1) is 11.7. The van der Waals surface area contributed by atoms with Crippen molar-refractivity contribution in [1.29, 1.82) is 0 Å². The number of halogens is 1. The standard InChI is InChI=1S/C17H28FN3O3S/c1-5-19-17(21-13(2)10-11-25(4,22)23)20-12-14(3)24-16-9-7-6-8-15(16)18/h6-9,13-14H,5,10-12H2,1-4H3,(H2,19,20,21). The fraction of sp³-hybridized carbons (Fsp3) is 0.588. The smallest absolute Gasteiger partial charge is 0.191 e. The van der Waals surface area contributed by atoms with Crippen molar-refractivity contribution in [3.63, 3.8) is 0 Å². The maximum absolute atomic E-state index is 13.6. The number of hydrogen-bond acceptors (Lipinski definition) is 4. The Morgan fingerprint density at radius 1 is 1.32 bits per heavy atom. The molecule has 0 aromatic heterocycles. The van der Waals surface area contributed by atoms with E-state index in [2.05, 4.69) is 15.6 Å². The Balaban J connectivity index is 2.57. The van der Waals surface area contributed by atoms with E-state index >= 15 is 0 Å². The Bertz CT molecular complexity index is 665. The highest BCUT2D eigenvalue weighted by atomic mass is 32.2. The zero-order valence-corrected chi connectivity index (χ0v) is 16.1. The molecule has 6 nitrogen and oxygen atoms in total. The van der Waals surface area contributed by atoms with E-state index in [0.29, 0.717) is 25.5 Å². The number of sulfone groups is 1. The maximum atomic E-state index is 13.6. The Labute approximate surface area is 149 Å². The monoisotopic (exact) mass is 373 g/mol. The minimum atomic E-state index is -2.99. The van der Waals surface area contributed by atoms with Gasteiger partial charge in [-0.2, -0.15) is 0 Å². The predicted octanol–water partition coefficient (Wildman–Crippen LogP) is 1.97. The van der Waals surface area contributed by atoms with E-state index in [1.165, 1.54) is 12.3 Å². The van der Waals surface area contributed by atoms with Crippen LogP contribution in [0.5, 0.6) is 5.75 Å². The average Bonchev–Trinajstić information content (AvgIpc) is 2.52. The van der Waals surface area contributed by atoms with Crippen molar-refractivity contribution in [1.82, 2.24) is 10.6 Å². The molecule has 0 saturated heterocycles. The van der Waals surface area contributed by atoms with Crippen LogP contribution in [-0.4, -0.2) is 51.6 Å². The molecule has 0 bridgehead atoms. The van der Waals surface area contributed by atoms with Crippen LogP contribution in [-0.2, 0) is 9.84 Å². The summed E-state index contributed by atoms with van der Waals surface area (Å²) in [5.41, 5.74) is 0. The number of para-hydroxylation sites is 1. The van der Waals surface area contributed by atoms with Gasteiger partial charge in [-0.3, -0.25) is 0 Å². The van der Waals surface area contributed by atoms with Crippen molar-refractivity contribution in [3.05, 3.63) is 30.1 Å². The molecular formula is C17H28FN3O3S. The van der Waals surface area contributed by atoms with Gasteiger partial charge in [0.2, 0.25) is 0 Å². The minimum absolute atomic E-state index is 0.0460. The van der Waals surface area contributed by atoms with Crippen molar-refractivity contribution in [2.24, 2.45) is 4.99 Å². The number of benzene rings is 1.